The van der Waals surface area contributed by atoms with Gasteiger partial charge in [-0.05, 0) is 13.8 Å². The lowest BCUT2D eigenvalue weighted by Gasteiger charge is -2.31. The van der Waals surface area contributed by atoms with Crippen LogP contribution in [0.25, 0.3) is 0 Å². The molecule has 1 unspecified atom stereocenters. The summed E-state index contributed by atoms with van der Waals surface area (Å²) in [6.45, 7) is 3.70. The van der Waals surface area contributed by atoms with Crippen LogP contribution in [-0.4, -0.2) is 47.5 Å². The quantitative estimate of drug-likeness (QED) is 0.711. The van der Waals surface area contributed by atoms with Crippen molar-refractivity contribution < 1.29 is 13.2 Å². The van der Waals surface area contributed by atoms with E-state index in [2.05, 4.69) is 10.4 Å². The first-order valence-corrected chi connectivity index (χ1v) is 7.29. The second-order valence-electron chi connectivity index (χ2n) is 4.51. The molecule has 1 atom stereocenters. The summed E-state index contributed by atoms with van der Waals surface area (Å²) in [7, 11) is -2.20. The largest absolute Gasteiger partial charge is 0.381 e. The van der Waals surface area contributed by atoms with Crippen molar-refractivity contribution in [1.29, 1.82) is 0 Å². The predicted molar refractivity (Wildman–Crippen MR) is 68.7 cm³/mol. The fraction of sp³-hybridized carbons (Fsp3) is 0.600. The first kappa shape index (κ1) is 13.8. The molecule has 0 spiro atoms. The minimum atomic E-state index is -3.82. The molecule has 1 amide bonds. The summed E-state index contributed by atoms with van der Waals surface area (Å²) in [6, 6.07) is -0.752. The van der Waals surface area contributed by atoms with E-state index in [1.807, 2.05) is 0 Å². The number of hydrogen-bond donors (Lipinski definition) is 2. The number of piperazine rings is 1. The van der Waals surface area contributed by atoms with E-state index in [0.717, 1.165) is 4.31 Å². The zero-order valence-corrected chi connectivity index (χ0v) is 11.9. The Morgan fingerprint density at radius 2 is 2.11 bits per heavy atom. The Labute approximate surface area is 111 Å². The molecule has 19 heavy (non-hydrogen) atoms. The maximum Gasteiger partial charge on any atom is 0.249 e. The Bertz CT molecular complexity index is 621. The van der Waals surface area contributed by atoms with Crippen molar-refractivity contribution in [3.8, 4) is 0 Å². The minimum Gasteiger partial charge on any atom is -0.381 e. The van der Waals surface area contributed by atoms with Gasteiger partial charge in [0.1, 0.15) is 10.9 Å². The van der Waals surface area contributed by atoms with Crippen LogP contribution in [0, 0.1) is 6.92 Å². The minimum absolute atomic E-state index is 0.0171. The predicted octanol–water partition coefficient (Wildman–Crippen LogP) is -1.18. The van der Waals surface area contributed by atoms with E-state index < -0.39 is 16.1 Å². The zero-order valence-electron chi connectivity index (χ0n) is 11.0. The number of nitrogen functional groups attached to an aromatic ring is 1. The van der Waals surface area contributed by atoms with Gasteiger partial charge in [-0.1, -0.05) is 0 Å². The number of hydrogen-bond acceptors (Lipinski definition) is 5. The summed E-state index contributed by atoms with van der Waals surface area (Å²) in [6.07, 6.45) is 0. The standard InChI is InChI=1S/C10H17N5O3S/c1-6-8(9(11)13-14(6)3)19(17,18)15-5-4-12-10(16)7(15)2/h7H,4-5H2,1-3H3,(H2,11,13)(H,12,16). The molecule has 0 aliphatic carbocycles. The summed E-state index contributed by atoms with van der Waals surface area (Å²) in [5.41, 5.74) is 6.13. The van der Waals surface area contributed by atoms with Crippen LogP contribution >= 0.6 is 0 Å². The summed E-state index contributed by atoms with van der Waals surface area (Å²) in [5, 5.41) is 6.53. The van der Waals surface area contributed by atoms with Gasteiger partial charge in [-0.2, -0.15) is 9.40 Å². The second kappa shape index (κ2) is 4.49. The molecule has 0 saturated carbocycles. The summed E-state index contributed by atoms with van der Waals surface area (Å²) < 4.78 is 27.8. The molecule has 1 aliphatic rings. The van der Waals surface area contributed by atoms with Gasteiger partial charge in [0.15, 0.2) is 5.82 Å². The first-order valence-electron chi connectivity index (χ1n) is 5.85. The molecule has 2 rings (SSSR count). The van der Waals surface area contributed by atoms with Crippen molar-refractivity contribution in [1.82, 2.24) is 19.4 Å². The fourth-order valence-corrected chi connectivity index (χ4v) is 4.03. The number of anilines is 1. The van der Waals surface area contributed by atoms with Gasteiger partial charge in [0.05, 0.1) is 5.69 Å². The van der Waals surface area contributed by atoms with Crippen LogP contribution in [0.5, 0.6) is 0 Å². The van der Waals surface area contributed by atoms with E-state index in [9.17, 15) is 13.2 Å². The summed E-state index contributed by atoms with van der Waals surface area (Å²) in [5.74, 6) is -0.354. The average Bonchev–Trinajstić information content (AvgIpc) is 2.57. The zero-order chi connectivity index (χ0) is 14.4. The van der Waals surface area contributed by atoms with E-state index in [1.165, 1.54) is 4.68 Å². The van der Waals surface area contributed by atoms with Crippen molar-refractivity contribution in [2.45, 2.75) is 24.8 Å². The maximum absolute atomic E-state index is 12.6. The Morgan fingerprint density at radius 3 is 2.63 bits per heavy atom. The molecule has 1 fully saturated rings. The number of amides is 1. The molecule has 2 heterocycles. The lowest BCUT2D eigenvalue weighted by molar-refractivity contribution is -0.126. The highest BCUT2D eigenvalue weighted by Crippen LogP contribution is 2.27. The molecule has 9 heteroatoms. The van der Waals surface area contributed by atoms with Gasteiger partial charge >= 0.3 is 0 Å². The molecule has 1 aromatic heterocycles. The van der Waals surface area contributed by atoms with Crippen LogP contribution in [0.3, 0.4) is 0 Å². The molecule has 1 aromatic rings. The van der Waals surface area contributed by atoms with E-state index in [-0.39, 0.29) is 23.2 Å². The van der Waals surface area contributed by atoms with Crippen molar-refractivity contribution in [2.75, 3.05) is 18.8 Å². The highest BCUT2D eigenvalue weighted by Gasteiger charge is 2.38. The molecule has 1 saturated heterocycles. The van der Waals surface area contributed by atoms with Crippen LogP contribution in [0.4, 0.5) is 5.82 Å². The highest BCUT2D eigenvalue weighted by atomic mass is 32.2. The van der Waals surface area contributed by atoms with E-state index in [0.29, 0.717) is 12.2 Å². The van der Waals surface area contributed by atoms with Crippen molar-refractivity contribution >= 4 is 21.7 Å². The Balaban J connectivity index is 2.50. The highest BCUT2D eigenvalue weighted by molar-refractivity contribution is 7.89. The number of carbonyl (C=O) groups is 1. The van der Waals surface area contributed by atoms with Crippen molar-refractivity contribution in [2.24, 2.45) is 7.05 Å². The number of aryl methyl sites for hydroxylation is 1. The van der Waals surface area contributed by atoms with Crippen LogP contribution in [0.15, 0.2) is 4.90 Å². The number of carbonyl (C=O) groups excluding carboxylic acids is 1. The molecule has 8 nitrogen and oxygen atoms in total. The molecule has 0 radical (unpaired) electrons. The third-order valence-corrected chi connectivity index (χ3v) is 5.45. The normalized spacial score (nSPS) is 21.4. The monoisotopic (exact) mass is 287 g/mol. The van der Waals surface area contributed by atoms with Crippen LogP contribution < -0.4 is 11.1 Å². The van der Waals surface area contributed by atoms with Crippen LogP contribution in [-0.2, 0) is 21.9 Å². The Kier molecular flexibility index (Phi) is 3.27. The van der Waals surface area contributed by atoms with E-state index >= 15 is 0 Å². The molecular weight excluding hydrogens is 270 g/mol. The number of nitrogens with two attached hydrogens (primary N) is 1. The van der Waals surface area contributed by atoms with Gasteiger partial charge in [0.25, 0.3) is 0 Å². The Hall–Kier alpha value is -1.61. The molecule has 3 N–H and O–H groups in total. The number of nitrogens with one attached hydrogen (secondary N) is 1. The Morgan fingerprint density at radius 1 is 1.47 bits per heavy atom. The van der Waals surface area contributed by atoms with Crippen molar-refractivity contribution in [3.63, 3.8) is 0 Å². The van der Waals surface area contributed by atoms with E-state index in [1.54, 1.807) is 20.9 Å². The number of nitrogens with zero attached hydrogens (tertiary/aromatic N) is 3. The SMILES string of the molecule is Cc1c(S(=O)(=O)N2CCNC(=O)C2C)c(N)nn1C. The molecule has 0 aromatic carbocycles. The van der Waals surface area contributed by atoms with Gasteiger partial charge < -0.3 is 11.1 Å². The smallest absolute Gasteiger partial charge is 0.249 e. The van der Waals surface area contributed by atoms with Crippen LogP contribution in [0.2, 0.25) is 0 Å². The summed E-state index contributed by atoms with van der Waals surface area (Å²) >= 11 is 0. The van der Waals surface area contributed by atoms with E-state index in [4.69, 9.17) is 5.73 Å². The number of sulfonamides is 1. The summed E-state index contributed by atoms with van der Waals surface area (Å²) in [4.78, 5) is 11.6. The molecular formula is C10H17N5O3S. The first-order chi connectivity index (χ1) is 8.76. The average molecular weight is 287 g/mol. The molecule has 1 aliphatic heterocycles. The van der Waals surface area contributed by atoms with Gasteiger partial charge in [-0.3, -0.25) is 9.48 Å². The van der Waals surface area contributed by atoms with Crippen molar-refractivity contribution in [3.05, 3.63) is 5.69 Å². The second-order valence-corrected chi connectivity index (χ2v) is 6.33. The maximum atomic E-state index is 12.6. The molecule has 106 valence electrons. The lowest BCUT2D eigenvalue weighted by atomic mass is 10.2. The lowest BCUT2D eigenvalue weighted by Crippen LogP contribution is -2.55. The number of aromatic nitrogens is 2. The van der Waals surface area contributed by atoms with Gasteiger partial charge in [0, 0.05) is 20.1 Å². The number of rotatable bonds is 2. The fourth-order valence-electron chi connectivity index (χ4n) is 2.14. The van der Waals surface area contributed by atoms with Gasteiger partial charge in [-0.25, -0.2) is 8.42 Å². The van der Waals surface area contributed by atoms with Crippen LogP contribution in [0.1, 0.15) is 12.6 Å². The third kappa shape index (κ3) is 2.08. The van der Waals surface area contributed by atoms with Gasteiger partial charge in [-0.15, -0.1) is 0 Å². The van der Waals surface area contributed by atoms with Gasteiger partial charge in [0.2, 0.25) is 15.9 Å². The topological polar surface area (TPSA) is 110 Å². The third-order valence-electron chi connectivity index (χ3n) is 3.31. The molecule has 0 bridgehead atoms.